The maximum Gasteiger partial charge on any atom is 0.242 e. The summed E-state index contributed by atoms with van der Waals surface area (Å²) in [7, 11) is 3.23. The minimum atomic E-state index is 0.00137. The first-order valence-electron chi connectivity index (χ1n) is 8.22. The van der Waals surface area contributed by atoms with Gasteiger partial charge >= 0.3 is 0 Å². The van der Waals surface area contributed by atoms with Crippen LogP contribution < -0.4 is 14.8 Å². The Morgan fingerprint density at radius 3 is 2.50 bits per heavy atom. The molecule has 0 saturated carbocycles. The number of carbonyl (C=O) groups excluding carboxylic acids is 1. The zero-order valence-electron chi connectivity index (χ0n) is 14.6. The summed E-state index contributed by atoms with van der Waals surface area (Å²) in [5, 5.41) is 4.16. The average molecular weight is 395 g/mol. The van der Waals surface area contributed by atoms with E-state index in [9.17, 15) is 4.79 Å². The van der Waals surface area contributed by atoms with Crippen molar-refractivity contribution in [3.63, 3.8) is 0 Å². The van der Waals surface area contributed by atoms with Crippen LogP contribution in [0, 0.1) is 0 Å². The second-order valence-electron chi connectivity index (χ2n) is 6.02. The summed E-state index contributed by atoms with van der Waals surface area (Å²) in [6.45, 7) is 1.36. The fourth-order valence-corrected chi connectivity index (χ4v) is 3.37. The fraction of sp³-hybridized carbons (Fsp3) is 0.316. The van der Waals surface area contributed by atoms with Gasteiger partial charge in [-0.3, -0.25) is 4.79 Å². The highest BCUT2D eigenvalue weighted by atomic mass is 35.5. The van der Waals surface area contributed by atoms with Crippen molar-refractivity contribution < 1.29 is 14.3 Å². The number of nitrogens with one attached hydrogen (secondary N) is 1. The monoisotopic (exact) mass is 394 g/mol. The summed E-state index contributed by atoms with van der Waals surface area (Å²) in [6, 6.07) is 9.04. The summed E-state index contributed by atoms with van der Waals surface area (Å²) in [5.41, 5.74) is 2.90. The van der Waals surface area contributed by atoms with Gasteiger partial charge in [-0.1, -0.05) is 23.2 Å². The molecule has 3 rings (SSSR count). The molecule has 7 heteroatoms. The van der Waals surface area contributed by atoms with Crippen molar-refractivity contribution in [2.75, 3.05) is 32.6 Å². The summed E-state index contributed by atoms with van der Waals surface area (Å²) in [5.74, 6) is 1.38. The number of fused-ring (bicyclic) bond motifs is 1. The summed E-state index contributed by atoms with van der Waals surface area (Å²) < 4.78 is 10.7. The zero-order valence-corrected chi connectivity index (χ0v) is 16.2. The van der Waals surface area contributed by atoms with Crippen molar-refractivity contribution in [2.24, 2.45) is 0 Å². The molecule has 2 aromatic rings. The quantitative estimate of drug-likeness (QED) is 0.832. The fourth-order valence-electron chi connectivity index (χ4n) is 3.01. The number of methoxy groups -OCH3 is 2. The normalized spacial score (nSPS) is 13.2. The van der Waals surface area contributed by atoms with Gasteiger partial charge in [-0.15, -0.1) is 0 Å². The molecule has 26 heavy (non-hydrogen) atoms. The Balaban J connectivity index is 1.68. The van der Waals surface area contributed by atoms with Gasteiger partial charge in [-0.2, -0.15) is 0 Å². The van der Waals surface area contributed by atoms with E-state index >= 15 is 0 Å². The maximum atomic E-state index is 12.6. The molecule has 1 N–H and O–H groups in total. The number of ether oxygens (including phenoxy) is 2. The molecular weight excluding hydrogens is 375 g/mol. The van der Waals surface area contributed by atoms with E-state index < -0.39 is 0 Å². The van der Waals surface area contributed by atoms with Gasteiger partial charge in [0.1, 0.15) is 0 Å². The lowest BCUT2D eigenvalue weighted by molar-refractivity contribution is -0.130. The van der Waals surface area contributed by atoms with Gasteiger partial charge in [0.05, 0.1) is 31.5 Å². The van der Waals surface area contributed by atoms with Crippen LogP contribution in [0.2, 0.25) is 10.0 Å². The van der Waals surface area contributed by atoms with E-state index in [-0.39, 0.29) is 12.5 Å². The van der Waals surface area contributed by atoms with Gasteiger partial charge in [0.25, 0.3) is 0 Å². The largest absolute Gasteiger partial charge is 0.493 e. The Morgan fingerprint density at radius 2 is 1.81 bits per heavy atom. The molecule has 1 aliphatic heterocycles. The Kier molecular flexibility index (Phi) is 5.79. The van der Waals surface area contributed by atoms with Gasteiger partial charge in [-0.05, 0) is 47.9 Å². The molecule has 0 unspecified atom stereocenters. The standard InChI is InChI=1S/C19H20Cl2N2O3/c1-25-17-7-12-5-6-23(11-13(12)8-18(17)26-2)19(24)10-22-16-9-14(20)3-4-15(16)21/h3-4,7-9,22H,5-6,10-11H2,1-2H3. The van der Waals surface area contributed by atoms with Gasteiger partial charge in [0.15, 0.2) is 11.5 Å². The van der Waals surface area contributed by atoms with Crippen molar-refractivity contribution in [2.45, 2.75) is 13.0 Å². The molecule has 0 atom stereocenters. The van der Waals surface area contributed by atoms with E-state index in [4.69, 9.17) is 32.7 Å². The third kappa shape index (κ3) is 4.00. The SMILES string of the molecule is COc1cc2c(cc1OC)CN(C(=O)CNc1cc(Cl)ccc1Cl)CC2. The third-order valence-electron chi connectivity index (χ3n) is 4.43. The van der Waals surface area contributed by atoms with Gasteiger partial charge < -0.3 is 19.7 Å². The molecule has 0 saturated heterocycles. The minimum Gasteiger partial charge on any atom is -0.493 e. The number of hydrogen-bond donors (Lipinski definition) is 1. The molecule has 5 nitrogen and oxygen atoms in total. The predicted molar refractivity (Wildman–Crippen MR) is 104 cm³/mol. The van der Waals surface area contributed by atoms with Crippen LogP contribution in [0.5, 0.6) is 11.5 Å². The van der Waals surface area contributed by atoms with Crippen molar-refractivity contribution in [1.82, 2.24) is 4.90 Å². The van der Waals surface area contributed by atoms with E-state index in [0.717, 1.165) is 12.0 Å². The van der Waals surface area contributed by atoms with Crippen LogP contribution in [0.1, 0.15) is 11.1 Å². The Bertz CT molecular complexity index is 827. The first kappa shape index (κ1) is 18.7. The van der Waals surface area contributed by atoms with Crippen LogP contribution in [-0.4, -0.2) is 38.1 Å². The van der Waals surface area contributed by atoms with Gasteiger partial charge in [-0.25, -0.2) is 0 Å². The predicted octanol–water partition coefficient (Wildman–Crippen LogP) is 4.01. The first-order chi connectivity index (χ1) is 12.5. The van der Waals surface area contributed by atoms with E-state index in [1.165, 1.54) is 5.56 Å². The lowest BCUT2D eigenvalue weighted by Crippen LogP contribution is -2.39. The molecule has 0 radical (unpaired) electrons. The molecular formula is C19H20Cl2N2O3. The Morgan fingerprint density at radius 1 is 1.12 bits per heavy atom. The molecule has 0 spiro atoms. The van der Waals surface area contributed by atoms with E-state index in [2.05, 4.69) is 5.32 Å². The van der Waals surface area contributed by atoms with Crippen LogP contribution in [0.4, 0.5) is 5.69 Å². The Labute approximate surface area is 162 Å². The van der Waals surface area contributed by atoms with E-state index in [0.29, 0.717) is 40.3 Å². The summed E-state index contributed by atoms with van der Waals surface area (Å²) in [4.78, 5) is 14.4. The van der Waals surface area contributed by atoms with Crippen molar-refractivity contribution >= 4 is 34.8 Å². The van der Waals surface area contributed by atoms with Gasteiger partial charge in [0.2, 0.25) is 5.91 Å². The second kappa shape index (κ2) is 8.06. The van der Waals surface area contributed by atoms with Crippen LogP contribution in [0.25, 0.3) is 0 Å². The molecule has 0 bridgehead atoms. The highest BCUT2D eigenvalue weighted by Crippen LogP contribution is 2.33. The van der Waals surface area contributed by atoms with E-state index in [1.54, 1.807) is 32.4 Å². The lowest BCUT2D eigenvalue weighted by Gasteiger charge is -2.30. The smallest absolute Gasteiger partial charge is 0.242 e. The van der Waals surface area contributed by atoms with Crippen molar-refractivity contribution in [1.29, 1.82) is 0 Å². The minimum absolute atomic E-state index is 0.00137. The third-order valence-corrected chi connectivity index (χ3v) is 4.99. The Hall–Kier alpha value is -2.11. The van der Waals surface area contributed by atoms with Crippen LogP contribution in [0.15, 0.2) is 30.3 Å². The van der Waals surface area contributed by atoms with Crippen molar-refractivity contribution in [3.05, 3.63) is 51.5 Å². The number of benzene rings is 2. The zero-order chi connectivity index (χ0) is 18.7. The number of amides is 1. The van der Waals surface area contributed by atoms with Crippen LogP contribution in [0.3, 0.4) is 0 Å². The van der Waals surface area contributed by atoms with Crippen LogP contribution >= 0.6 is 23.2 Å². The number of carbonyl (C=O) groups is 1. The molecule has 138 valence electrons. The molecule has 0 fully saturated rings. The van der Waals surface area contributed by atoms with Gasteiger partial charge in [0, 0.05) is 18.1 Å². The first-order valence-corrected chi connectivity index (χ1v) is 8.98. The number of hydrogen-bond acceptors (Lipinski definition) is 4. The lowest BCUT2D eigenvalue weighted by atomic mass is 9.98. The van der Waals surface area contributed by atoms with E-state index in [1.807, 2.05) is 17.0 Å². The number of halogens is 2. The highest BCUT2D eigenvalue weighted by molar-refractivity contribution is 6.35. The molecule has 2 aromatic carbocycles. The van der Waals surface area contributed by atoms with Crippen molar-refractivity contribution in [3.8, 4) is 11.5 Å². The molecule has 1 heterocycles. The summed E-state index contributed by atoms with van der Waals surface area (Å²) >= 11 is 12.1. The molecule has 0 aliphatic carbocycles. The average Bonchev–Trinajstić information content (AvgIpc) is 2.66. The second-order valence-corrected chi connectivity index (χ2v) is 6.86. The number of anilines is 1. The molecule has 0 aromatic heterocycles. The number of nitrogens with zero attached hydrogens (tertiary/aromatic N) is 1. The molecule has 1 amide bonds. The maximum absolute atomic E-state index is 12.6. The highest BCUT2D eigenvalue weighted by Gasteiger charge is 2.22. The number of rotatable bonds is 5. The topological polar surface area (TPSA) is 50.8 Å². The summed E-state index contributed by atoms with van der Waals surface area (Å²) in [6.07, 6.45) is 0.777. The van der Waals surface area contributed by atoms with Crippen LogP contribution in [-0.2, 0) is 17.8 Å². The molecule has 1 aliphatic rings.